The molecule has 0 bridgehead atoms. The number of para-hydroxylation sites is 1. The first-order valence-electron chi connectivity index (χ1n) is 11.0. The Hall–Kier alpha value is -3.80. The fraction of sp³-hybridized carbons (Fsp3) is 0.259. The molecule has 33 heavy (non-hydrogen) atoms. The smallest absolute Gasteiger partial charge is 0.271 e. The van der Waals surface area contributed by atoms with E-state index in [1.165, 1.54) is 11.8 Å². The van der Waals surface area contributed by atoms with Gasteiger partial charge in [0, 0.05) is 11.1 Å². The van der Waals surface area contributed by atoms with Crippen LogP contribution >= 0.6 is 0 Å². The van der Waals surface area contributed by atoms with Gasteiger partial charge in [0.25, 0.3) is 5.91 Å². The van der Waals surface area contributed by atoms with Gasteiger partial charge >= 0.3 is 0 Å². The van der Waals surface area contributed by atoms with Gasteiger partial charge in [-0.25, -0.2) is 5.43 Å². The van der Waals surface area contributed by atoms with Gasteiger partial charge in [0.15, 0.2) is 11.5 Å². The van der Waals surface area contributed by atoms with E-state index in [1.807, 2.05) is 26.0 Å². The molecule has 2 N–H and O–H groups in total. The number of hydrazone groups is 1. The summed E-state index contributed by atoms with van der Waals surface area (Å²) in [6, 6.07) is 18.5. The molecule has 0 saturated carbocycles. The Balaban J connectivity index is 1.59. The maximum absolute atomic E-state index is 12.4. The van der Waals surface area contributed by atoms with Crippen molar-refractivity contribution < 1.29 is 19.4 Å². The Kier molecular flexibility index (Phi) is 8.08. The van der Waals surface area contributed by atoms with E-state index in [0.717, 1.165) is 16.9 Å². The first-order valence-corrected chi connectivity index (χ1v) is 11.0. The van der Waals surface area contributed by atoms with Crippen LogP contribution in [-0.4, -0.2) is 23.8 Å². The first-order chi connectivity index (χ1) is 15.9. The second-order valence-electron chi connectivity index (χ2n) is 8.01. The molecular weight excluding hydrogens is 416 g/mol. The molecule has 0 saturated heterocycles. The summed E-state index contributed by atoms with van der Waals surface area (Å²) in [5.74, 6) is 1.27. The standard InChI is InChI=1S/C27H30N2O4/c1-5-32-24-8-6-7-22(26(24)30)16-28-29-27(31)21-12-10-20(11-13-21)17-33-25-15-19(4)9-14-23(25)18(2)3/h6-16,18,30H,5,17H2,1-4H3,(H,29,31)/b28-16+. The number of aromatic hydroxyl groups is 1. The highest BCUT2D eigenvalue weighted by molar-refractivity contribution is 5.95. The Bertz CT molecular complexity index is 1120. The van der Waals surface area contributed by atoms with Crippen LogP contribution in [0.5, 0.6) is 17.2 Å². The van der Waals surface area contributed by atoms with Crippen LogP contribution in [0.4, 0.5) is 0 Å². The topological polar surface area (TPSA) is 80.2 Å². The highest BCUT2D eigenvalue weighted by Gasteiger charge is 2.10. The van der Waals surface area contributed by atoms with E-state index in [0.29, 0.717) is 36.0 Å². The fourth-order valence-electron chi connectivity index (χ4n) is 3.30. The van der Waals surface area contributed by atoms with Crippen molar-refractivity contribution in [1.82, 2.24) is 5.43 Å². The number of carbonyl (C=O) groups excluding carboxylic acids is 1. The molecule has 0 aliphatic carbocycles. The van der Waals surface area contributed by atoms with Gasteiger partial charge in [0.05, 0.1) is 12.8 Å². The molecule has 0 atom stereocenters. The van der Waals surface area contributed by atoms with Crippen molar-refractivity contribution in [2.24, 2.45) is 5.10 Å². The molecule has 3 aromatic carbocycles. The van der Waals surface area contributed by atoms with Crippen LogP contribution in [-0.2, 0) is 6.61 Å². The van der Waals surface area contributed by atoms with Crippen molar-refractivity contribution in [3.05, 3.63) is 88.5 Å². The molecule has 6 heteroatoms. The van der Waals surface area contributed by atoms with Crippen LogP contribution in [0.25, 0.3) is 0 Å². The van der Waals surface area contributed by atoms with E-state index in [2.05, 4.69) is 42.6 Å². The zero-order valence-corrected chi connectivity index (χ0v) is 19.5. The van der Waals surface area contributed by atoms with Gasteiger partial charge in [-0.3, -0.25) is 4.79 Å². The lowest BCUT2D eigenvalue weighted by atomic mass is 10.0. The lowest BCUT2D eigenvalue weighted by Crippen LogP contribution is -2.17. The molecule has 0 aliphatic rings. The molecule has 0 heterocycles. The largest absolute Gasteiger partial charge is 0.504 e. The normalized spacial score (nSPS) is 11.1. The summed E-state index contributed by atoms with van der Waals surface area (Å²) < 4.78 is 11.4. The van der Waals surface area contributed by atoms with Crippen LogP contribution in [0.2, 0.25) is 0 Å². The van der Waals surface area contributed by atoms with Gasteiger partial charge in [0.2, 0.25) is 0 Å². The summed E-state index contributed by atoms with van der Waals surface area (Å²) in [4.78, 5) is 12.4. The molecule has 0 aliphatic heterocycles. The van der Waals surface area contributed by atoms with Crippen LogP contribution in [0.3, 0.4) is 0 Å². The van der Waals surface area contributed by atoms with Gasteiger partial charge in [-0.15, -0.1) is 0 Å². The zero-order chi connectivity index (χ0) is 23.8. The number of hydrogen-bond acceptors (Lipinski definition) is 5. The summed E-state index contributed by atoms with van der Waals surface area (Å²) in [7, 11) is 0. The Morgan fingerprint density at radius 1 is 1.06 bits per heavy atom. The second-order valence-corrected chi connectivity index (χ2v) is 8.01. The molecule has 0 spiro atoms. The maximum Gasteiger partial charge on any atom is 0.271 e. The van der Waals surface area contributed by atoms with Gasteiger partial charge in [-0.05, 0) is 66.8 Å². The third-order valence-corrected chi connectivity index (χ3v) is 5.10. The third-order valence-electron chi connectivity index (χ3n) is 5.10. The maximum atomic E-state index is 12.4. The van der Waals surface area contributed by atoms with Crippen molar-refractivity contribution in [1.29, 1.82) is 0 Å². The minimum Gasteiger partial charge on any atom is -0.504 e. The molecule has 0 unspecified atom stereocenters. The Morgan fingerprint density at radius 2 is 1.82 bits per heavy atom. The Morgan fingerprint density at radius 3 is 2.52 bits per heavy atom. The van der Waals surface area contributed by atoms with E-state index in [9.17, 15) is 9.90 Å². The quantitative estimate of drug-likeness (QED) is 0.333. The summed E-state index contributed by atoms with van der Waals surface area (Å²) >= 11 is 0. The molecule has 3 rings (SSSR count). The van der Waals surface area contributed by atoms with Crippen molar-refractivity contribution in [3.63, 3.8) is 0 Å². The minimum absolute atomic E-state index is 0.0177. The van der Waals surface area contributed by atoms with Crippen molar-refractivity contribution in [2.45, 2.75) is 40.2 Å². The number of aryl methyl sites for hydroxylation is 1. The summed E-state index contributed by atoms with van der Waals surface area (Å²) in [5, 5.41) is 14.1. The SMILES string of the molecule is CCOc1cccc(/C=N/NC(=O)c2ccc(COc3cc(C)ccc3C(C)C)cc2)c1O. The molecule has 3 aromatic rings. The average molecular weight is 447 g/mol. The number of rotatable bonds is 9. The van der Waals surface area contributed by atoms with Gasteiger partial charge < -0.3 is 14.6 Å². The van der Waals surface area contributed by atoms with Crippen LogP contribution in [0, 0.1) is 6.92 Å². The average Bonchev–Trinajstić information content (AvgIpc) is 2.80. The number of phenols is 1. The fourth-order valence-corrected chi connectivity index (χ4v) is 3.30. The van der Waals surface area contributed by atoms with E-state index in [4.69, 9.17) is 9.47 Å². The van der Waals surface area contributed by atoms with E-state index >= 15 is 0 Å². The first kappa shape index (κ1) is 23.9. The number of ether oxygens (including phenoxy) is 2. The van der Waals surface area contributed by atoms with E-state index in [1.54, 1.807) is 30.3 Å². The monoisotopic (exact) mass is 446 g/mol. The molecule has 172 valence electrons. The highest BCUT2D eigenvalue weighted by atomic mass is 16.5. The minimum atomic E-state index is -0.347. The second kappa shape index (κ2) is 11.2. The van der Waals surface area contributed by atoms with E-state index < -0.39 is 0 Å². The zero-order valence-electron chi connectivity index (χ0n) is 19.5. The van der Waals surface area contributed by atoms with Crippen LogP contribution in [0.15, 0.2) is 65.8 Å². The van der Waals surface area contributed by atoms with Gasteiger partial charge in [0.1, 0.15) is 12.4 Å². The van der Waals surface area contributed by atoms with Crippen molar-refractivity contribution >= 4 is 12.1 Å². The lowest BCUT2D eigenvalue weighted by Gasteiger charge is -2.15. The number of carbonyl (C=O) groups is 1. The molecule has 0 fully saturated rings. The van der Waals surface area contributed by atoms with E-state index in [-0.39, 0.29) is 11.7 Å². The van der Waals surface area contributed by atoms with Gasteiger partial charge in [-0.1, -0.05) is 44.2 Å². The third kappa shape index (κ3) is 6.35. The molecule has 0 aromatic heterocycles. The molecule has 0 radical (unpaired) electrons. The number of nitrogens with one attached hydrogen (secondary N) is 1. The molecular formula is C27H30N2O4. The number of hydrogen-bond donors (Lipinski definition) is 2. The lowest BCUT2D eigenvalue weighted by molar-refractivity contribution is 0.0955. The van der Waals surface area contributed by atoms with Crippen molar-refractivity contribution in [2.75, 3.05) is 6.61 Å². The summed E-state index contributed by atoms with van der Waals surface area (Å²) in [6.45, 7) is 9.02. The number of benzene rings is 3. The van der Waals surface area contributed by atoms with Crippen LogP contribution in [0.1, 0.15) is 59.3 Å². The number of amides is 1. The predicted molar refractivity (Wildman–Crippen MR) is 130 cm³/mol. The summed E-state index contributed by atoms with van der Waals surface area (Å²) in [6.07, 6.45) is 1.38. The van der Waals surface area contributed by atoms with Gasteiger partial charge in [-0.2, -0.15) is 5.10 Å². The Labute approximate surface area is 194 Å². The highest BCUT2D eigenvalue weighted by Crippen LogP contribution is 2.29. The molecule has 1 amide bonds. The van der Waals surface area contributed by atoms with Crippen molar-refractivity contribution in [3.8, 4) is 17.2 Å². The number of phenolic OH excluding ortho intramolecular Hbond substituents is 1. The summed E-state index contributed by atoms with van der Waals surface area (Å²) in [5.41, 5.74) is 6.69. The predicted octanol–water partition coefficient (Wildman–Crippen LogP) is 5.57. The molecule has 6 nitrogen and oxygen atoms in total. The van der Waals surface area contributed by atoms with Crippen LogP contribution < -0.4 is 14.9 Å². The number of nitrogens with zero attached hydrogens (tertiary/aromatic N) is 1.